The van der Waals surface area contributed by atoms with E-state index in [0.717, 1.165) is 28.4 Å². The lowest BCUT2D eigenvalue weighted by molar-refractivity contribution is 0.546. The highest BCUT2D eigenvalue weighted by Gasteiger charge is 2.14. The van der Waals surface area contributed by atoms with Gasteiger partial charge in [-0.2, -0.15) is 5.10 Å². The van der Waals surface area contributed by atoms with Crippen LogP contribution < -0.4 is 5.32 Å². The van der Waals surface area contributed by atoms with Crippen LogP contribution in [0.4, 0.5) is 4.39 Å². The van der Waals surface area contributed by atoms with Crippen LogP contribution in [0.15, 0.2) is 24.3 Å². The minimum atomic E-state index is -0.219. The summed E-state index contributed by atoms with van der Waals surface area (Å²) in [5, 5.41) is 8.50. The van der Waals surface area contributed by atoms with Crippen LogP contribution in [0.1, 0.15) is 36.8 Å². The maximum absolute atomic E-state index is 12.9. The number of rotatable bonds is 5. The van der Waals surface area contributed by atoms with Crippen LogP contribution in [0, 0.1) is 5.82 Å². The summed E-state index contributed by atoms with van der Waals surface area (Å²) in [5.74, 6) is -0.219. The second-order valence-corrected chi connectivity index (χ2v) is 5.22. The van der Waals surface area contributed by atoms with E-state index in [1.807, 2.05) is 25.6 Å². The van der Waals surface area contributed by atoms with E-state index in [0.29, 0.717) is 6.54 Å². The predicted molar refractivity (Wildman–Crippen MR) is 79.3 cm³/mol. The van der Waals surface area contributed by atoms with Crippen LogP contribution in [0.3, 0.4) is 0 Å². The van der Waals surface area contributed by atoms with Gasteiger partial charge in [0.2, 0.25) is 0 Å². The first-order valence-electron chi connectivity index (χ1n) is 6.72. The maximum Gasteiger partial charge on any atom is 0.123 e. The molecule has 20 heavy (non-hydrogen) atoms. The van der Waals surface area contributed by atoms with E-state index < -0.39 is 0 Å². The third kappa shape index (κ3) is 3.19. The molecular formula is C15H19ClFN3. The van der Waals surface area contributed by atoms with E-state index in [2.05, 4.69) is 10.4 Å². The number of aryl methyl sites for hydroxylation is 2. The molecule has 1 aromatic carbocycles. The molecule has 0 radical (unpaired) electrons. The van der Waals surface area contributed by atoms with Crippen LogP contribution >= 0.6 is 11.6 Å². The molecule has 0 saturated heterocycles. The van der Waals surface area contributed by atoms with Crippen molar-refractivity contribution in [1.82, 2.24) is 15.1 Å². The third-order valence-electron chi connectivity index (χ3n) is 3.45. The highest BCUT2D eigenvalue weighted by Crippen LogP contribution is 2.22. The van der Waals surface area contributed by atoms with E-state index in [4.69, 9.17) is 11.6 Å². The number of nitrogens with zero attached hydrogens (tertiary/aromatic N) is 2. The average molecular weight is 296 g/mol. The summed E-state index contributed by atoms with van der Waals surface area (Å²) in [6, 6.07) is 6.64. The Morgan fingerprint density at radius 3 is 2.55 bits per heavy atom. The Kier molecular flexibility index (Phi) is 4.78. The Labute approximate surface area is 123 Å². The molecule has 0 amide bonds. The lowest BCUT2D eigenvalue weighted by Crippen LogP contribution is -2.20. The quantitative estimate of drug-likeness (QED) is 0.913. The molecule has 1 heterocycles. The highest BCUT2D eigenvalue weighted by atomic mass is 35.5. The number of aromatic nitrogens is 2. The topological polar surface area (TPSA) is 29.9 Å². The fourth-order valence-electron chi connectivity index (χ4n) is 2.13. The van der Waals surface area contributed by atoms with Gasteiger partial charge in [-0.05, 0) is 31.0 Å². The molecule has 0 saturated carbocycles. The molecule has 0 spiro atoms. The van der Waals surface area contributed by atoms with Gasteiger partial charge in [0.1, 0.15) is 5.82 Å². The zero-order valence-electron chi connectivity index (χ0n) is 12.0. The molecule has 0 aliphatic rings. The van der Waals surface area contributed by atoms with Gasteiger partial charge in [0, 0.05) is 19.6 Å². The van der Waals surface area contributed by atoms with Crippen molar-refractivity contribution in [2.45, 2.75) is 32.9 Å². The largest absolute Gasteiger partial charge is 0.305 e. The molecule has 0 aliphatic carbocycles. The smallest absolute Gasteiger partial charge is 0.123 e. The highest BCUT2D eigenvalue weighted by molar-refractivity contribution is 6.31. The van der Waals surface area contributed by atoms with Crippen molar-refractivity contribution in [3.05, 3.63) is 52.1 Å². The molecule has 5 heteroatoms. The molecule has 108 valence electrons. The lowest BCUT2D eigenvalue weighted by Gasteiger charge is -2.14. The van der Waals surface area contributed by atoms with Crippen molar-refractivity contribution in [2.24, 2.45) is 7.05 Å². The molecule has 1 atom stereocenters. The van der Waals surface area contributed by atoms with Gasteiger partial charge in [-0.15, -0.1) is 0 Å². The van der Waals surface area contributed by atoms with Gasteiger partial charge < -0.3 is 5.32 Å². The molecule has 3 nitrogen and oxygen atoms in total. The molecule has 1 N–H and O–H groups in total. The molecule has 1 aromatic heterocycles. The Balaban J connectivity index is 2.05. The normalized spacial score (nSPS) is 12.7. The van der Waals surface area contributed by atoms with Gasteiger partial charge in [0.25, 0.3) is 0 Å². The number of hydrogen-bond donors (Lipinski definition) is 1. The minimum Gasteiger partial charge on any atom is -0.305 e. The van der Waals surface area contributed by atoms with Gasteiger partial charge in [-0.1, -0.05) is 30.7 Å². The molecule has 0 fully saturated rings. The Morgan fingerprint density at radius 1 is 1.35 bits per heavy atom. The standard InChI is InChI=1S/C15H19ClFN3/c1-4-13-15(16)14(20(3)19-13)9-18-10(2)11-5-7-12(17)8-6-11/h5-8,10,18H,4,9H2,1-3H3/t10-/m0/s1. The summed E-state index contributed by atoms with van der Waals surface area (Å²) in [4.78, 5) is 0. The summed E-state index contributed by atoms with van der Waals surface area (Å²) < 4.78 is 14.7. The first-order chi connectivity index (χ1) is 9.52. The molecule has 2 aromatic rings. The van der Waals surface area contributed by atoms with Gasteiger partial charge in [0.15, 0.2) is 0 Å². The van der Waals surface area contributed by atoms with Crippen molar-refractivity contribution < 1.29 is 4.39 Å². The van der Waals surface area contributed by atoms with E-state index in [-0.39, 0.29) is 11.9 Å². The van der Waals surface area contributed by atoms with Crippen LogP contribution in [0.2, 0.25) is 5.02 Å². The molecule has 0 unspecified atom stereocenters. The number of halogens is 2. The first-order valence-corrected chi connectivity index (χ1v) is 7.09. The number of nitrogens with one attached hydrogen (secondary N) is 1. The summed E-state index contributed by atoms with van der Waals surface area (Å²) in [7, 11) is 1.89. The van der Waals surface area contributed by atoms with Gasteiger partial charge in [-0.25, -0.2) is 4.39 Å². The van der Waals surface area contributed by atoms with Crippen molar-refractivity contribution in [3.63, 3.8) is 0 Å². The SMILES string of the molecule is CCc1nn(C)c(CN[C@@H](C)c2ccc(F)cc2)c1Cl. The van der Waals surface area contributed by atoms with E-state index in [1.54, 1.807) is 12.1 Å². The van der Waals surface area contributed by atoms with Crippen LogP contribution in [-0.2, 0) is 20.0 Å². The van der Waals surface area contributed by atoms with Crippen molar-refractivity contribution in [2.75, 3.05) is 0 Å². The number of hydrogen-bond acceptors (Lipinski definition) is 2. The van der Waals surface area contributed by atoms with Crippen molar-refractivity contribution in [3.8, 4) is 0 Å². The summed E-state index contributed by atoms with van der Waals surface area (Å²) in [6.45, 7) is 4.70. The van der Waals surface area contributed by atoms with Crippen molar-refractivity contribution in [1.29, 1.82) is 0 Å². The maximum atomic E-state index is 12.9. The number of benzene rings is 1. The molecule has 0 aliphatic heterocycles. The second kappa shape index (κ2) is 6.37. The van der Waals surface area contributed by atoms with Crippen LogP contribution in [-0.4, -0.2) is 9.78 Å². The molecular weight excluding hydrogens is 277 g/mol. The average Bonchev–Trinajstić information content (AvgIpc) is 2.71. The summed E-state index contributed by atoms with van der Waals surface area (Å²) >= 11 is 6.31. The fourth-order valence-corrected chi connectivity index (χ4v) is 2.49. The van der Waals surface area contributed by atoms with Crippen LogP contribution in [0.5, 0.6) is 0 Å². The van der Waals surface area contributed by atoms with Gasteiger partial charge in [-0.3, -0.25) is 4.68 Å². The van der Waals surface area contributed by atoms with Gasteiger partial charge >= 0.3 is 0 Å². The second-order valence-electron chi connectivity index (χ2n) is 4.84. The zero-order chi connectivity index (χ0) is 14.7. The molecule has 0 bridgehead atoms. The summed E-state index contributed by atoms with van der Waals surface area (Å²) in [6.07, 6.45) is 0.820. The summed E-state index contributed by atoms with van der Waals surface area (Å²) in [5.41, 5.74) is 2.93. The predicted octanol–water partition coefficient (Wildman–Crippen LogP) is 3.63. The fraction of sp³-hybridized carbons (Fsp3) is 0.400. The third-order valence-corrected chi connectivity index (χ3v) is 3.88. The van der Waals surface area contributed by atoms with Crippen molar-refractivity contribution >= 4 is 11.6 Å². The zero-order valence-corrected chi connectivity index (χ0v) is 12.7. The van der Waals surface area contributed by atoms with E-state index in [9.17, 15) is 4.39 Å². The van der Waals surface area contributed by atoms with Gasteiger partial charge in [0.05, 0.1) is 16.4 Å². The first kappa shape index (κ1) is 15.0. The lowest BCUT2D eigenvalue weighted by atomic mass is 10.1. The minimum absolute atomic E-state index is 0.117. The monoisotopic (exact) mass is 295 g/mol. The van der Waals surface area contributed by atoms with E-state index >= 15 is 0 Å². The van der Waals surface area contributed by atoms with Crippen LogP contribution in [0.25, 0.3) is 0 Å². The van der Waals surface area contributed by atoms with E-state index in [1.165, 1.54) is 12.1 Å². The Morgan fingerprint density at radius 2 is 2.00 bits per heavy atom. The molecule has 2 rings (SSSR count). The Bertz CT molecular complexity index is 578. The Hall–Kier alpha value is -1.39.